The van der Waals surface area contributed by atoms with E-state index in [1.54, 1.807) is 24.3 Å². The van der Waals surface area contributed by atoms with Crippen LogP contribution in [0.5, 0.6) is 5.75 Å². The number of hydrogen-bond acceptors (Lipinski definition) is 3. The molecule has 1 fully saturated rings. The lowest BCUT2D eigenvalue weighted by Crippen LogP contribution is -2.52. The second-order valence-electron chi connectivity index (χ2n) is 8.69. The number of nitrogens with one attached hydrogen (secondary N) is 1. The molecule has 2 amide bonds. The number of nitrogens with zero attached hydrogens (tertiary/aromatic N) is 1. The Morgan fingerprint density at radius 2 is 1.82 bits per heavy atom. The molecule has 2 aromatic rings. The van der Waals surface area contributed by atoms with Gasteiger partial charge in [0, 0.05) is 32.7 Å². The van der Waals surface area contributed by atoms with E-state index in [4.69, 9.17) is 27.9 Å². The molecule has 0 bridgehead atoms. The van der Waals surface area contributed by atoms with E-state index in [-0.39, 0.29) is 31.0 Å². The van der Waals surface area contributed by atoms with Crippen LogP contribution in [0.4, 0.5) is 0 Å². The summed E-state index contributed by atoms with van der Waals surface area (Å²) < 4.78 is 6.76. The van der Waals surface area contributed by atoms with Crippen LogP contribution in [-0.2, 0) is 16.1 Å². The summed E-state index contributed by atoms with van der Waals surface area (Å²) in [6.45, 7) is 3.78. The van der Waals surface area contributed by atoms with E-state index in [1.807, 2.05) is 26.0 Å². The van der Waals surface area contributed by atoms with Gasteiger partial charge in [-0.05, 0) is 62.1 Å². The van der Waals surface area contributed by atoms with Gasteiger partial charge < -0.3 is 15.0 Å². The van der Waals surface area contributed by atoms with Crippen molar-refractivity contribution in [3.63, 3.8) is 0 Å². The standard InChI is InChI=1S/C26H31BrCl2N2O3/c1-3-24(26(33)30-18-8-5-4-6-9-18)31(15-20-22(28)10-7-11-23(20)29)25(32)16-34-19-12-13-21(27)17(2)14-19/h7,10-14,18,24H,3-6,8-9,15-16H2,1-2H3,(H,30,33). The molecule has 8 heteroatoms. The van der Waals surface area contributed by atoms with E-state index >= 15 is 0 Å². The van der Waals surface area contributed by atoms with Gasteiger partial charge in [-0.25, -0.2) is 0 Å². The van der Waals surface area contributed by atoms with Crippen molar-refractivity contribution in [3.8, 4) is 5.75 Å². The number of benzene rings is 2. The van der Waals surface area contributed by atoms with Gasteiger partial charge in [-0.2, -0.15) is 0 Å². The minimum absolute atomic E-state index is 0.122. The zero-order chi connectivity index (χ0) is 24.7. The Balaban J connectivity index is 1.81. The molecule has 0 aromatic heterocycles. The molecule has 0 aliphatic heterocycles. The highest BCUT2D eigenvalue weighted by Crippen LogP contribution is 2.28. The SMILES string of the molecule is CCC(C(=O)NC1CCCCC1)N(Cc1c(Cl)cccc1Cl)C(=O)COc1ccc(Br)c(C)c1. The monoisotopic (exact) mass is 568 g/mol. The average molecular weight is 570 g/mol. The van der Waals surface area contributed by atoms with Gasteiger partial charge in [0.05, 0.1) is 0 Å². The summed E-state index contributed by atoms with van der Waals surface area (Å²) in [5.74, 6) is 0.136. The first-order chi connectivity index (χ1) is 16.3. The Bertz CT molecular complexity index is 991. The van der Waals surface area contributed by atoms with E-state index < -0.39 is 6.04 Å². The zero-order valence-corrected chi connectivity index (χ0v) is 22.7. The smallest absolute Gasteiger partial charge is 0.261 e. The van der Waals surface area contributed by atoms with Crippen molar-refractivity contribution in [1.29, 1.82) is 0 Å². The molecule has 1 aliphatic carbocycles. The van der Waals surface area contributed by atoms with Gasteiger partial charge in [0.15, 0.2) is 6.61 Å². The topological polar surface area (TPSA) is 58.6 Å². The molecule has 0 spiro atoms. The van der Waals surface area contributed by atoms with E-state index in [2.05, 4.69) is 21.2 Å². The molecule has 1 saturated carbocycles. The van der Waals surface area contributed by atoms with Crippen LogP contribution in [0.25, 0.3) is 0 Å². The molecule has 34 heavy (non-hydrogen) atoms. The lowest BCUT2D eigenvalue weighted by molar-refractivity contribution is -0.143. The Labute approximate surface area is 220 Å². The van der Waals surface area contributed by atoms with E-state index in [0.29, 0.717) is 27.8 Å². The summed E-state index contributed by atoms with van der Waals surface area (Å²) in [4.78, 5) is 28.2. The van der Waals surface area contributed by atoms with Gasteiger partial charge in [-0.1, -0.05) is 71.4 Å². The van der Waals surface area contributed by atoms with Crippen LogP contribution in [-0.4, -0.2) is 35.4 Å². The van der Waals surface area contributed by atoms with Crippen molar-refractivity contribution < 1.29 is 14.3 Å². The van der Waals surface area contributed by atoms with Crippen molar-refractivity contribution in [2.45, 2.75) is 71.0 Å². The number of aryl methyl sites for hydroxylation is 1. The molecule has 1 aliphatic rings. The van der Waals surface area contributed by atoms with Crippen molar-refractivity contribution in [2.75, 3.05) is 6.61 Å². The molecule has 2 aromatic carbocycles. The molecule has 3 rings (SSSR count). The van der Waals surface area contributed by atoms with Gasteiger partial charge in [0.1, 0.15) is 11.8 Å². The first-order valence-corrected chi connectivity index (χ1v) is 13.3. The van der Waals surface area contributed by atoms with Crippen LogP contribution >= 0.6 is 39.1 Å². The van der Waals surface area contributed by atoms with Crippen LogP contribution in [0.2, 0.25) is 10.0 Å². The maximum absolute atomic E-state index is 13.4. The predicted molar refractivity (Wildman–Crippen MR) is 140 cm³/mol. The van der Waals surface area contributed by atoms with Crippen LogP contribution < -0.4 is 10.1 Å². The van der Waals surface area contributed by atoms with Crippen LogP contribution in [0.3, 0.4) is 0 Å². The van der Waals surface area contributed by atoms with Crippen molar-refractivity contribution in [1.82, 2.24) is 10.2 Å². The molecule has 0 saturated heterocycles. The van der Waals surface area contributed by atoms with Crippen LogP contribution in [0, 0.1) is 6.92 Å². The second kappa shape index (κ2) is 12.8. The van der Waals surface area contributed by atoms with Crippen molar-refractivity contribution in [3.05, 3.63) is 62.0 Å². The second-order valence-corrected chi connectivity index (χ2v) is 10.4. The predicted octanol–water partition coefficient (Wildman–Crippen LogP) is 6.70. The van der Waals surface area contributed by atoms with Gasteiger partial charge in [0.2, 0.25) is 5.91 Å². The van der Waals surface area contributed by atoms with Gasteiger partial charge in [-0.3, -0.25) is 9.59 Å². The fourth-order valence-corrected chi connectivity index (χ4v) is 5.02. The van der Waals surface area contributed by atoms with Gasteiger partial charge in [0.25, 0.3) is 5.91 Å². The summed E-state index contributed by atoms with van der Waals surface area (Å²) in [5.41, 5.74) is 1.62. The first kappa shape index (κ1) is 26.8. The lowest BCUT2D eigenvalue weighted by Gasteiger charge is -2.33. The summed E-state index contributed by atoms with van der Waals surface area (Å²) in [6, 6.07) is 10.3. The number of amides is 2. The summed E-state index contributed by atoms with van der Waals surface area (Å²) in [6.07, 6.45) is 5.83. The number of carbonyl (C=O) groups excluding carboxylic acids is 2. The molecular formula is C26H31BrCl2N2O3. The quantitative estimate of drug-likeness (QED) is 0.365. The Morgan fingerprint density at radius 1 is 1.15 bits per heavy atom. The third-order valence-corrected chi connectivity index (χ3v) is 7.82. The maximum atomic E-state index is 13.4. The fourth-order valence-electron chi connectivity index (χ4n) is 4.25. The molecular weight excluding hydrogens is 539 g/mol. The van der Waals surface area contributed by atoms with E-state index in [0.717, 1.165) is 35.7 Å². The van der Waals surface area contributed by atoms with Gasteiger partial charge in [-0.15, -0.1) is 0 Å². The minimum Gasteiger partial charge on any atom is -0.484 e. The molecule has 184 valence electrons. The largest absolute Gasteiger partial charge is 0.484 e. The molecule has 0 radical (unpaired) electrons. The Kier molecular flexibility index (Phi) is 10.1. The highest BCUT2D eigenvalue weighted by atomic mass is 79.9. The number of carbonyl (C=O) groups is 2. The van der Waals surface area contributed by atoms with Crippen LogP contribution in [0.15, 0.2) is 40.9 Å². The average Bonchev–Trinajstić information content (AvgIpc) is 2.82. The Hall–Kier alpha value is -1.76. The normalized spacial score (nSPS) is 15.0. The third-order valence-electron chi connectivity index (χ3n) is 6.22. The highest BCUT2D eigenvalue weighted by Gasteiger charge is 2.31. The van der Waals surface area contributed by atoms with Crippen LogP contribution in [0.1, 0.15) is 56.6 Å². The number of halogens is 3. The minimum atomic E-state index is -0.656. The third kappa shape index (κ3) is 7.12. The lowest BCUT2D eigenvalue weighted by atomic mass is 9.95. The van der Waals surface area contributed by atoms with E-state index in [1.165, 1.54) is 11.3 Å². The van der Waals surface area contributed by atoms with Crippen molar-refractivity contribution in [2.24, 2.45) is 0 Å². The maximum Gasteiger partial charge on any atom is 0.261 e. The number of hydrogen-bond donors (Lipinski definition) is 1. The molecule has 1 atom stereocenters. The molecule has 5 nitrogen and oxygen atoms in total. The molecule has 1 N–H and O–H groups in total. The number of rotatable bonds is 9. The molecule has 0 heterocycles. The van der Waals surface area contributed by atoms with E-state index in [9.17, 15) is 9.59 Å². The van der Waals surface area contributed by atoms with Crippen molar-refractivity contribution >= 4 is 50.9 Å². The summed E-state index contributed by atoms with van der Waals surface area (Å²) in [5, 5.41) is 4.07. The summed E-state index contributed by atoms with van der Waals surface area (Å²) >= 11 is 16.3. The molecule has 1 unspecified atom stereocenters. The number of ether oxygens (including phenoxy) is 1. The Morgan fingerprint density at radius 3 is 2.44 bits per heavy atom. The highest BCUT2D eigenvalue weighted by molar-refractivity contribution is 9.10. The summed E-state index contributed by atoms with van der Waals surface area (Å²) in [7, 11) is 0. The van der Waals surface area contributed by atoms with Gasteiger partial charge >= 0.3 is 0 Å². The zero-order valence-electron chi connectivity index (χ0n) is 19.6. The first-order valence-electron chi connectivity index (χ1n) is 11.7. The fraction of sp³-hybridized carbons (Fsp3) is 0.462.